The van der Waals surface area contributed by atoms with Crippen LogP contribution >= 0.6 is 11.8 Å². The van der Waals surface area contributed by atoms with Gasteiger partial charge < -0.3 is 19.7 Å². The lowest BCUT2D eigenvalue weighted by Gasteiger charge is -2.19. The van der Waals surface area contributed by atoms with Crippen molar-refractivity contribution < 1.29 is 27.8 Å². The normalized spacial score (nSPS) is 14.1. The van der Waals surface area contributed by atoms with E-state index in [1.54, 1.807) is 12.1 Å². The summed E-state index contributed by atoms with van der Waals surface area (Å²) in [7, 11) is -4.27. The zero-order valence-electron chi connectivity index (χ0n) is 23.8. The fourth-order valence-electron chi connectivity index (χ4n) is 5.04. The molecule has 220 valence electrons. The maximum Gasteiger partial charge on any atom is 0.213 e. The monoisotopic (exact) mass is 612 g/mol. The third kappa shape index (κ3) is 6.98. The van der Waals surface area contributed by atoms with Gasteiger partial charge in [-0.15, -0.1) is 0 Å². The summed E-state index contributed by atoms with van der Waals surface area (Å²) in [6, 6.07) is 28.8. The van der Waals surface area contributed by atoms with Crippen molar-refractivity contribution in [2.45, 2.75) is 36.5 Å². The van der Waals surface area contributed by atoms with Gasteiger partial charge in [0.25, 0.3) is 0 Å². The van der Waals surface area contributed by atoms with E-state index in [1.807, 2.05) is 53.7 Å². The van der Waals surface area contributed by atoms with Crippen molar-refractivity contribution in [3.63, 3.8) is 0 Å². The van der Waals surface area contributed by atoms with Crippen LogP contribution in [0, 0.1) is 6.92 Å². The highest BCUT2D eigenvalue weighted by molar-refractivity contribution is 8.03. The molecule has 0 saturated heterocycles. The van der Waals surface area contributed by atoms with Crippen LogP contribution in [0.3, 0.4) is 0 Å². The number of hydrogen-bond acceptors (Lipinski definition) is 7. The largest absolute Gasteiger partial charge is 0.744 e. The van der Waals surface area contributed by atoms with E-state index in [0.29, 0.717) is 0 Å². The molecule has 1 aliphatic heterocycles. The third-order valence-electron chi connectivity index (χ3n) is 7.07. The standard InChI is InChI=1S/C27H25N2O2S.C7H8O3S/c1-2-29-25(32-24-15-14-19-8-3-4-11-22(19)27(24)29)13-7-9-20-16-17-28(18-26(30)31)23-12-6-5-10-21(20)23;1-6-2-4-7(5-3-6)11(8,9)10/h3-17,26,30-31H,2,18H2,1H3;2-5H,1H3,(H,8,9,10)/q+1;/p-1. The highest BCUT2D eigenvalue weighted by Gasteiger charge is 2.25. The second-order valence-corrected chi connectivity index (χ2v) is 12.5. The Balaban J connectivity index is 0.000000283. The molecular formula is C34H32N2O5S2. The lowest BCUT2D eigenvalue weighted by molar-refractivity contribution is -0.685. The van der Waals surface area contributed by atoms with Crippen LogP contribution < -0.4 is 9.47 Å². The summed E-state index contributed by atoms with van der Waals surface area (Å²) in [5, 5.41) is 23.6. The molecule has 4 aromatic carbocycles. The smallest absolute Gasteiger partial charge is 0.213 e. The number of para-hydroxylation sites is 1. The number of aliphatic hydroxyl groups excluding tert-OH is 1. The number of pyridine rings is 1. The molecule has 0 unspecified atom stereocenters. The van der Waals surface area contributed by atoms with Gasteiger partial charge >= 0.3 is 0 Å². The van der Waals surface area contributed by atoms with Crippen molar-refractivity contribution >= 4 is 55.3 Å². The van der Waals surface area contributed by atoms with Crippen molar-refractivity contribution in [2.75, 3.05) is 11.4 Å². The summed E-state index contributed by atoms with van der Waals surface area (Å²) in [5.74, 6) is 0. The number of nitrogens with zero attached hydrogens (tertiary/aromatic N) is 2. The van der Waals surface area contributed by atoms with Gasteiger partial charge in [-0.2, -0.15) is 4.57 Å². The average molecular weight is 613 g/mol. The van der Waals surface area contributed by atoms with Crippen LogP contribution in [-0.2, 0) is 16.7 Å². The van der Waals surface area contributed by atoms with Crippen LogP contribution in [0.2, 0.25) is 0 Å². The number of aliphatic hydroxyl groups is 2. The summed E-state index contributed by atoms with van der Waals surface area (Å²) < 4.78 is 33.0. The Hall–Kier alpha value is -3.99. The second kappa shape index (κ2) is 13.1. The molecule has 9 heteroatoms. The molecule has 6 rings (SSSR count). The van der Waals surface area contributed by atoms with E-state index < -0.39 is 16.4 Å². The molecule has 0 radical (unpaired) electrons. The molecule has 7 nitrogen and oxygen atoms in total. The highest BCUT2D eigenvalue weighted by Crippen LogP contribution is 2.49. The Labute approximate surface area is 255 Å². The average Bonchev–Trinajstić information content (AvgIpc) is 3.36. The lowest BCUT2D eigenvalue weighted by atomic mass is 10.1. The Morgan fingerprint density at radius 1 is 0.930 bits per heavy atom. The van der Waals surface area contributed by atoms with Gasteiger partial charge in [-0.05, 0) is 55.1 Å². The van der Waals surface area contributed by atoms with E-state index in [2.05, 4.69) is 72.5 Å². The fraction of sp³-hybridized carbons (Fsp3) is 0.147. The van der Waals surface area contributed by atoms with E-state index >= 15 is 0 Å². The number of anilines is 1. The van der Waals surface area contributed by atoms with Crippen molar-refractivity contribution in [1.29, 1.82) is 0 Å². The minimum atomic E-state index is -4.27. The molecule has 0 bridgehead atoms. The predicted octanol–water partition coefficient (Wildman–Crippen LogP) is 5.98. The number of rotatable bonds is 6. The van der Waals surface area contributed by atoms with E-state index in [1.165, 1.54) is 38.5 Å². The van der Waals surface area contributed by atoms with Gasteiger partial charge in [-0.25, -0.2) is 8.42 Å². The number of hydrogen-bond donors (Lipinski definition) is 2. The molecule has 0 atom stereocenters. The molecule has 0 fully saturated rings. The van der Waals surface area contributed by atoms with Gasteiger partial charge in [0.05, 0.1) is 21.0 Å². The molecule has 0 spiro atoms. The molecule has 5 aromatic rings. The number of thioether (sulfide) groups is 1. The van der Waals surface area contributed by atoms with Crippen LogP contribution in [0.1, 0.15) is 18.1 Å². The first-order valence-corrected chi connectivity index (χ1v) is 16.0. The Bertz CT molecular complexity index is 1930. The molecule has 1 aliphatic rings. The van der Waals surface area contributed by atoms with Crippen molar-refractivity contribution in [3.05, 3.63) is 126 Å². The summed E-state index contributed by atoms with van der Waals surface area (Å²) in [6.07, 6.45) is 6.91. The Morgan fingerprint density at radius 3 is 2.33 bits per heavy atom. The van der Waals surface area contributed by atoms with Crippen LogP contribution in [0.25, 0.3) is 27.8 Å². The molecule has 0 amide bonds. The molecule has 1 aromatic heterocycles. The quantitative estimate of drug-likeness (QED) is 0.138. The number of aromatic nitrogens is 1. The maximum atomic E-state index is 10.4. The van der Waals surface area contributed by atoms with Gasteiger partial charge in [0, 0.05) is 29.0 Å². The van der Waals surface area contributed by atoms with Crippen molar-refractivity contribution in [3.8, 4) is 0 Å². The molecule has 43 heavy (non-hydrogen) atoms. The topological polar surface area (TPSA) is 105 Å². The molecule has 2 heterocycles. The Kier molecular flexibility index (Phi) is 9.29. The van der Waals surface area contributed by atoms with Gasteiger partial charge in [-0.1, -0.05) is 84.1 Å². The van der Waals surface area contributed by atoms with Crippen molar-refractivity contribution in [2.24, 2.45) is 0 Å². The van der Waals surface area contributed by atoms with Crippen LogP contribution in [-0.4, -0.2) is 36.0 Å². The third-order valence-corrected chi connectivity index (χ3v) is 9.04. The number of fused-ring (bicyclic) bond motifs is 4. The number of allylic oxidation sites excluding steroid dienone is 2. The lowest BCUT2D eigenvalue weighted by Crippen LogP contribution is -2.40. The first-order chi connectivity index (χ1) is 20.7. The maximum absolute atomic E-state index is 10.4. The summed E-state index contributed by atoms with van der Waals surface area (Å²) >= 11 is 1.81. The van der Waals surface area contributed by atoms with E-state index in [0.717, 1.165) is 28.6 Å². The fourth-order valence-corrected chi connectivity index (χ4v) is 6.66. The van der Waals surface area contributed by atoms with Crippen LogP contribution in [0.4, 0.5) is 5.69 Å². The second-order valence-electron chi connectivity index (χ2n) is 10.0. The minimum absolute atomic E-state index is 0.142. The van der Waals surface area contributed by atoms with Gasteiger partial charge in [-0.3, -0.25) is 0 Å². The van der Waals surface area contributed by atoms with Crippen LogP contribution in [0.15, 0.2) is 124 Å². The first-order valence-electron chi connectivity index (χ1n) is 13.8. The summed E-state index contributed by atoms with van der Waals surface area (Å²) in [5.41, 5.74) is 4.29. The van der Waals surface area contributed by atoms with Gasteiger partial charge in [0.15, 0.2) is 12.7 Å². The first kappa shape index (κ1) is 30.5. The minimum Gasteiger partial charge on any atom is -0.744 e. The van der Waals surface area contributed by atoms with E-state index in [4.69, 9.17) is 0 Å². The molecule has 0 aliphatic carbocycles. The summed E-state index contributed by atoms with van der Waals surface area (Å²) in [6.45, 7) is 5.06. The highest BCUT2D eigenvalue weighted by atomic mass is 32.2. The SMILES string of the molecule is CCN1C(=CC=Cc2cc[n+](CC(O)O)c3ccccc23)Sc2ccc3ccccc3c21.Cc1ccc(S(=O)(=O)[O-])cc1. The number of benzene rings is 4. The number of aryl methyl sites for hydroxylation is 1. The molecule has 0 saturated carbocycles. The summed E-state index contributed by atoms with van der Waals surface area (Å²) in [4.78, 5) is 3.49. The molecular weight excluding hydrogens is 581 g/mol. The van der Waals surface area contributed by atoms with Gasteiger partial charge in [0.1, 0.15) is 10.1 Å². The van der Waals surface area contributed by atoms with Gasteiger partial charge in [0.2, 0.25) is 11.8 Å². The van der Waals surface area contributed by atoms with Crippen molar-refractivity contribution in [1.82, 2.24) is 0 Å². The Morgan fingerprint density at radius 2 is 1.63 bits per heavy atom. The van der Waals surface area contributed by atoms with E-state index in [-0.39, 0.29) is 11.4 Å². The zero-order chi connectivity index (χ0) is 30.6. The van der Waals surface area contributed by atoms with Crippen LogP contribution in [0.5, 0.6) is 0 Å². The van der Waals surface area contributed by atoms with E-state index in [9.17, 15) is 23.2 Å². The zero-order valence-corrected chi connectivity index (χ0v) is 25.4. The predicted molar refractivity (Wildman–Crippen MR) is 171 cm³/mol. The molecule has 2 N–H and O–H groups in total.